The highest BCUT2D eigenvalue weighted by molar-refractivity contribution is 6.30. The molecule has 1 saturated heterocycles. The summed E-state index contributed by atoms with van der Waals surface area (Å²) in [6.07, 6.45) is 2.59. The highest BCUT2D eigenvalue weighted by Crippen LogP contribution is 2.33. The van der Waals surface area contributed by atoms with Crippen LogP contribution in [0.25, 0.3) is 5.78 Å². The molecule has 124 valence electrons. The Balaban J connectivity index is 1.67. The number of hydrogen-bond acceptors (Lipinski definition) is 5. The van der Waals surface area contributed by atoms with E-state index in [-0.39, 0.29) is 12.1 Å². The molecule has 6 nitrogen and oxygen atoms in total. The van der Waals surface area contributed by atoms with Crippen molar-refractivity contribution >= 4 is 23.2 Å². The van der Waals surface area contributed by atoms with Crippen molar-refractivity contribution in [2.24, 2.45) is 0 Å². The molecular formula is C17H19ClN6. The quantitative estimate of drug-likeness (QED) is 0.793. The molecule has 4 rings (SSSR count). The Morgan fingerprint density at radius 1 is 1.25 bits per heavy atom. The lowest BCUT2D eigenvalue weighted by molar-refractivity contribution is 0.309. The molecule has 0 radical (unpaired) electrons. The number of likely N-dealkylation sites (N-methyl/N-ethyl adjacent to an activating group) is 1. The molecule has 7 heteroatoms. The molecule has 2 aromatic heterocycles. The van der Waals surface area contributed by atoms with E-state index in [0.717, 1.165) is 29.5 Å². The second-order valence-corrected chi connectivity index (χ2v) is 6.71. The van der Waals surface area contributed by atoms with Crippen LogP contribution < -0.4 is 5.32 Å². The lowest BCUT2D eigenvalue weighted by Crippen LogP contribution is -2.29. The summed E-state index contributed by atoms with van der Waals surface area (Å²) in [6.45, 7) is 3.01. The number of nitrogens with one attached hydrogen (secondary N) is 1. The van der Waals surface area contributed by atoms with Crippen molar-refractivity contribution in [2.75, 3.05) is 18.9 Å². The zero-order valence-electron chi connectivity index (χ0n) is 13.6. The minimum Gasteiger partial charge on any atom is -0.365 e. The third kappa shape index (κ3) is 2.72. The number of aryl methyl sites for hydroxylation is 1. The highest BCUT2D eigenvalue weighted by atomic mass is 35.5. The molecule has 1 aliphatic rings. The predicted molar refractivity (Wildman–Crippen MR) is 94.4 cm³/mol. The van der Waals surface area contributed by atoms with Gasteiger partial charge in [-0.05, 0) is 38.1 Å². The van der Waals surface area contributed by atoms with Crippen LogP contribution in [0.2, 0.25) is 5.02 Å². The Kier molecular flexibility index (Phi) is 3.86. The van der Waals surface area contributed by atoms with Crippen molar-refractivity contribution in [1.82, 2.24) is 24.5 Å². The number of aromatic nitrogens is 4. The average Bonchev–Trinajstić information content (AvgIpc) is 3.15. The number of likely N-dealkylation sites (tertiary alicyclic amines) is 1. The van der Waals surface area contributed by atoms with Gasteiger partial charge < -0.3 is 5.32 Å². The fourth-order valence-electron chi connectivity index (χ4n) is 3.47. The molecule has 1 N–H and O–H groups in total. The molecule has 0 bridgehead atoms. The van der Waals surface area contributed by atoms with Crippen LogP contribution >= 0.6 is 11.6 Å². The van der Waals surface area contributed by atoms with E-state index in [0.29, 0.717) is 5.78 Å². The summed E-state index contributed by atoms with van der Waals surface area (Å²) in [5, 5.41) is 8.69. The van der Waals surface area contributed by atoms with Gasteiger partial charge in [0, 0.05) is 29.4 Å². The van der Waals surface area contributed by atoms with Gasteiger partial charge in [-0.3, -0.25) is 4.90 Å². The van der Waals surface area contributed by atoms with Gasteiger partial charge in [0.2, 0.25) is 0 Å². The van der Waals surface area contributed by atoms with E-state index in [9.17, 15) is 0 Å². The van der Waals surface area contributed by atoms with Crippen molar-refractivity contribution in [1.29, 1.82) is 0 Å². The second kappa shape index (κ2) is 6.03. The van der Waals surface area contributed by atoms with Gasteiger partial charge in [-0.25, -0.2) is 4.98 Å². The minimum atomic E-state index is 0.283. The third-order valence-corrected chi connectivity index (χ3v) is 4.83. The fraction of sp³-hybridized carbons (Fsp3) is 0.353. The van der Waals surface area contributed by atoms with E-state index in [2.05, 4.69) is 44.5 Å². The minimum absolute atomic E-state index is 0.283. The van der Waals surface area contributed by atoms with Crippen LogP contribution in [0.4, 0.5) is 5.82 Å². The van der Waals surface area contributed by atoms with E-state index < -0.39 is 0 Å². The molecule has 0 spiro atoms. The molecule has 1 aliphatic heterocycles. The van der Waals surface area contributed by atoms with E-state index in [1.165, 1.54) is 11.9 Å². The Labute approximate surface area is 145 Å². The number of halogens is 1. The first kappa shape index (κ1) is 15.4. The molecule has 2 atom stereocenters. The van der Waals surface area contributed by atoms with Crippen molar-refractivity contribution in [3.8, 4) is 0 Å². The number of hydrogen-bond donors (Lipinski definition) is 1. The Bertz CT molecular complexity index is 859. The molecule has 24 heavy (non-hydrogen) atoms. The van der Waals surface area contributed by atoms with Gasteiger partial charge >= 0.3 is 0 Å². The lowest BCUT2D eigenvalue weighted by atomic mass is 10.0. The number of fused-ring (bicyclic) bond motifs is 1. The summed E-state index contributed by atoms with van der Waals surface area (Å²) in [5.74, 6) is 1.54. The number of benzene rings is 1. The molecular weight excluding hydrogens is 324 g/mol. The topological polar surface area (TPSA) is 58.4 Å². The summed E-state index contributed by atoms with van der Waals surface area (Å²) >= 11 is 6.04. The lowest BCUT2D eigenvalue weighted by Gasteiger charge is -2.27. The summed E-state index contributed by atoms with van der Waals surface area (Å²) in [4.78, 5) is 11.0. The summed E-state index contributed by atoms with van der Waals surface area (Å²) in [6, 6.07) is 10.7. The predicted octanol–water partition coefficient (Wildman–Crippen LogP) is 2.94. The van der Waals surface area contributed by atoms with Gasteiger partial charge in [0.25, 0.3) is 5.78 Å². The van der Waals surface area contributed by atoms with Gasteiger partial charge in [-0.15, -0.1) is 0 Å². The second-order valence-electron chi connectivity index (χ2n) is 6.27. The fourth-order valence-corrected chi connectivity index (χ4v) is 3.59. The molecule has 0 amide bonds. The first-order chi connectivity index (χ1) is 11.6. The first-order valence-corrected chi connectivity index (χ1v) is 8.39. The molecule has 0 aliphatic carbocycles. The molecule has 3 heterocycles. The van der Waals surface area contributed by atoms with Crippen LogP contribution in [0.3, 0.4) is 0 Å². The van der Waals surface area contributed by atoms with Crippen LogP contribution in [-0.4, -0.2) is 44.1 Å². The average molecular weight is 343 g/mol. The van der Waals surface area contributed by atoms with Crippen molar-refractivity contribution in [2.45, 2.75) is 25.4 Å². The zero-order valence-corrected chi connectivity index (χ0v) is 14.4. The Morgan fingerprint density at radius 3 is 2.83 bits per heavy atom. The summed E-state index contributed by atoms with van der Waals surface area (Å²) in [7, 11) is 2.16. The number of nitrogens with zero attached hydrogens (tertiary/aromatic N) is 5. The molecule has 1 aromatic carbocycles. The largest absolute Gasteiger partial charge is 0.365 e. The summed E-state index contributed by atoms with van der Waals surface area (Å²) < 4.78 is 1.75. The molecule has 2 unspecified atom stereocenters. The van der Waals surface area contributed by atoms with Crippen LogP contribution in [0.5, 0.6) is 0 Å². The van der Waals surface area contributed by atoms with Crippen LogP contribution in [0, 0.1) is 6.92 Å². The van der Waals surface area contributed by atoms with E-state index in [1.807, 2.05) is 25.1 Å². The summed E-state index contributed by atoms with van der Waals surface area (Å²) in [5.41, 5.74) is 2.19. The Hall–Kier alpha value is -2.18. The van der Waals surface area contributed by atoms with Gasteiger partial charge in [-0.1, -0.05) is 23.7 Å². The molecule has 0 saturated carbocycles. The van der Waals surface area contributed by atoms with Gasteiger partial charge in [-0.2, -0.15) is 14.6 Å². The van der Waals surface area contributed by atoms with E-state index in [1.54, 1.807) is 4.52 Å². The van der Waals surface area contributed by atoms with Gasteiger partial charge in [0.1, 0.15) is 12.1 Å². The van der Waals surface area contributed by atoms with E-state index in [4.69, 9.17) is 11.6 Å². The van der Waals surface area contributed by atoms with Gasteiger partial charge in [0.15, 0.2) is 0 Å². The van der Waals surface area contributed by atoms with Crippen molar-refractivity contribution in [3.05, 3.63) is 52.9 Å². The monoisotopic (exact) mass is 342 g/mol. The molecule has 1 fully saturated rings. The Morgan fingerprint density at radius 2 is 2.04 bits per heavy atom. The maximum absolute atomic E-state index is 6.04. The smallest absolute Gasteiger partial charge is 0.254 e. The van der Waals surface area contributed by atoms with Crippen LogP contribution in [0.1, 0.15) is 23.7 Å². The number of rotatable bonds is 3. The van der Waals surface area contributed by atoms with Gasteiger partial charge in [0.05, 0.1) is 6.04 Å². The van der Waals surface area contributed by atoms with Crippen LogP contribution in [0.15, 0.2) is 36.7 Å². The first-order valence-electron chi connectivity index (χ1n) is 8.01. The highest BCUT2D eigenvalue weighted by Gasteiger charge is 2.33. The molecule has 3 aromatic rings. The van der Waals surface area contributed by atoms with Crippen LogP contribution in [-0.2, 0) is 0 Å². The van der Waals surface area contributed by atoms with Crippen molar-refractivity contribution < 1.29 is 0 Å². The SMILES string of the molecule is Cc1cc(NC2CCN(C)C2c2ccc(Cl)cc2)n2ncnc2n1. The maximum atomic E-state index is 6.04. The number of anilines is 1. The maximum Gasteiger partial charge on any atom is 0.254 e. The third-order valence-electron chi connectivity index (χ3n) is 4.57. The normalized spacial score (nSPS) is 21.5. The van der Waals surface area contributed by atoms with Crippen molar-refractivity contribution in [3.63, 3.8) is 0 Å². The standard InChI is InChI=1S/C17H19ClN6/c1-11-9-15(24-17(21-11)19-10-20-24)22-14-7-8-23(2)16(14)12-3-5-13(18)6-4-12/h3-6,9-10,14,16,22H,7-8H2,1-2H3. The zero-order chi connectivity index (χ0) is 16.7. The van der Waals surface area contributed by atoms with E-state index >= 15 is 0 Å².